The number of rotatable bonds is 5. The summed E-state index contributed by atoms with van der Waals surface area (Å²) in [7, 11) is 0. The number of aromatic nitrogens is 2. The molecule has 2 rings (SSSR count). The Bertz CT molecular complexity index is 723. The van der Waals surface area contributed by atoms with E-state index in [0.717, 1.165) is 18.5 Å². The van der Waals surface area contributed by atoms with Gasteiger partial charge in [0.05, 0.1) is 10.0 Å². The molecular weight excluding hydrogens is 394 g/mol. The lowest BCUT2D eigenvalue weighted by molar-refractivity contribution is -0.192. The lowest BCUT2D eigenvalue weighted by Gasteiger charge is -2.09. The highest BCUT2D eigenvalue weighted by Gasteiger charge is 2.38. The van der Waals surface area contributed by atoms with E-state index in [2.05, 4.69) is 22.2 Å². The maximum absolute atomic E-state index is 10.6. The number of aliphatic carboxylic acids is 1. The summed E-state index contributed by atoms with van der Waals surface area (Å²) in [5.74, 6) is -2.76. The summed E-state index contributed by atoms with van der Waals surface area (Å²) < 4.78 is 31.7. The Morgan fingerprint density at radius 3 is 2.27 bits per heavy atom. The molecular formula is C16H16Cl2F3N3O2. The Morgan fingerprint density at radius 1 is 1.19 bits per heavy atom. The smallest absolute Gasteiger partial charge is 0.475 e. The third kappa shape index (κ3) is 7.55. The summed E-state index contributed by atoms with van der Waals surface area (Å²) >= 11 is 12.1. The summed E-state index contributed by atoms with van der Waals surface area (Å²) in [6.07, 6.45) is 2.78. The molecule has 0 spiro atoms. The van der Waals surface area contributed by atoms with Crippen molar-refractivity contribution in [1.29, 1.82) is 0 Å². The Balaban J connectivity index is 0.000000412. The second-order valence-electron chi connectivity index (χ2n) is 5.11. The largest absolute Gasteiger partial charge is 0.490 e. The summed E-state index contributed by atoms with van der Waals surface area (Å²) in [6, 6.07) is 2.02. The van der Waals surface area contributed by atoms with Crippen LogP contribution < -0.4 is 5.32 Å². The van der Waals surface area contributed by atoms with Gasteiger partial charge in [-0.2, -0.15) is 13.2 Å². The van der Waals surface area contributed by atoms with Gasteiger partial charge in [0.25, 0.3) is 0 Å². The minimum Gasteiger partial charge on any atom is -0.475 e. The van der Waals surface area contributed by atoms with Gasteiger partial charge in [-0.1, -0.05) is 23.2 Å². The molecule has 2 heterocycles. The van der Waals surface area contributed by atoms with Gasteiger partial charge < -0.3 is 10.4 Å². The predicted molar refractivity (Wildman–Crippen MR) is 92.3 cm³/mol. The fraction of sp³-hybridized carbons (Fsp3) is 0.312. The minimum atomic E-state index is -5.08. The second-order valence-corrected chi connectivity index (χ2v) is 5.93. The molecule has 26 heavy (non-hydrogen) atoms. The molecule has 0 radical (unpaired) electrons. The first-order valence-electron chi connectivity index (χ1n) is 7.31. The van der Waals surface area contributed by atoms with Gasteiger partial charge in [-0.25, -0.2) is 4.79 Å². The number of carbonyl (C=O) groups is 1. The molecule has 0 amide bonds. The van der Waals surface area contributed by atoms with Crippen LogP contribution in [0.15, 0.2) is 30.9 Å². The van der Waals surface area contributed by atoms with E-state index >= 15 is 0 Å². The van der Waals surface area contributed by atoms with Crippen LogP contribution >= 0.6 is 23.2 Å². The fourth-order valence-corrected chi connectivity index (χ4v) is 2.30. The van der Waals surface area contributed by atoms with E-state index in [1.165, 1.54) is 11.1 Å². The van der Waals surface area contributed by atoms with E-state index in [4.69, 9.17) is 33.1 Å². The Hall–Kier alpha value is -1.90. The zero-order valence-corrected chi connectivity index (χ0v) is 15.2. The number of halogens is 5. The normalized spacial score (nSPS) is 10.8. The second kappa shape index (κ2) is 10.3. The average Bonchev–Trinajstić information content (AvgIpc) is 2.55. The van der Waals surface area contributed by atoms with E-state index in [9.17, 15) is 13.2 Å². The molecule has 2 aromatic heterocycles. The summed E-state index contributed by atoms with van der Waals surface area (Å²) in [5.41, 5.74) is 3.40. The molecule has 2 N–H and O–H groups in total. The number of pyridine rings is 2. The molecule has 2 aromatic rings. The van der Waals surface area contributed by atoms with E-state index in [1.54, 1.807) is 12.4 Å². The summed E-state index contributed by atoms with van der Waals surface area (Å²) in [4.78, 5) is 17.0. The van der Waals surface area contributed by atoms with Crippen LogP contribution in [0.3, 0.4) is 0 Å². The van der Waals surface area contributed by atoms with Gasteiger partial charge in [-0.05, 0) is 37.1 Å². The van der Waals surface area contributed by atoms with Crippen LogP contribution in [-0.2, 0) is 17.8 Å². The maximum atomic E-state index is 10.6. The van der Waals surface area contributed by atoms with Gasteiger partial charge in [-0.3, -0.25) is 9.97 Å². The first kappa shape index (κ1) is 22.1. The monoisotopic (exact) mass is 409 g/mol. The highest BCUT2D eigenvalue weighted by atomic mass is 35.5. The maximum Gasteiger partial charge on any atom is 0.490 e. The highest BCUT2D eigenvalue weighted by molar-refractivity contribution is 6.35. The highest BCUT2D eigenvalue weighted by Crippen LogP contribution is 2.22. The third-order valence-electron chi connectivity index (χ3n) is 3.22. The van der Waals surface area contributed by atoms with Crippen molar-refractivity contribution in [3.05, 3.63) is 57.6 Å². The van der Waals surface area contributed by atoms with Crippen LogP contribution in [0.1, 0.15) is 16.7 Å². The first-order chi connectivity index (χ1) is 12.1. The van der Waals surface area contributed by atoms with Crippen molar-refractivity contribution in [3.8, 4) is 0 Å². The Morgan fingerprint density at radius 2 is 1.77 bits per heavy atom. The number of hydrogen-bond acceptors (Lipinski definition) is 4. The summed E-state index contributed by atoms with van der Waals surface area (Å²) in [6.45, 7) is 3.58. The van der Waals surface area contributed by atoms with Crippen LogP contribution in [0.2, 0.25) is 10.0 Å². The molecule has 0 atom stereocenters. The standard InChI is InChI=1S/C14H15Cl2N3.C2HF3O2/c1-10-2-4-17-6-11(10)3-5-18-7-12-13(15)8-19-9-14(12)16;3-2(4,5)1(6)7/h2,4,6,8-9,18H,3,5,7H2,1H3;(H,6,7). The van der Waals surface area contributed by atoms with Gasteiger partial charge in [0.2, 0.25) is 0 Å². The molecule has 0 aromatic carbocycles. The van der Waals surface area contributed by atoms with Crippen LogP contribution in [0, 0.1) is 6.92 Å². The SMILES string of the molecule is Cc1ccncc1CCNCc1c(Cl)cncc1Cl.O=C(O)C(F)(F)F. The van der Waals surface area contributed by atoms with Crippen molar-refractivity contribution in [2.75, 3.05) is 6.54 Å². The zero-order valence-electron chi connectivity index (χ0n) is 13.6. The van der Waals surface area contributed by atoms with Crippen molar-refractivity contribution in [3.63, 3.8) is 0 Å². The number of carboxylic acids is 1. The van der Waals surface area contributed by atoms with Gasteiger partial charge in [0, 0.05) is 36.9 Å². The average molecular weight is 410 g/mol. The zero-order chi connectivity index (χ0) is 19.7. The molecule has 0 unspecified atom stereocenters. The van der Waals surface area contributed by atoms with Gasteiger partial charge in [0.15, 0.2) is 0 Å². The Labute approximate surface area is 158 Å². The molecule has 10 heteroatoms. The molecule has 142 valence electrons. The van der Waals surface area contributed by atoms with Crippen LogP contribution in [0.5, 0.6) is 0 Å². The number of carboxylic acid groups (broad SMARTS) is 1. The molecule has 0 aliphatic heterocycles. The van der Waals surface area contributed by atoms with Gasteiger partial charge in [-0.15, -0.1) is 0 Å². The third-order valence-corrected chi connectivity index (χ3v) is 3.87. The van der Waals surface area contributed by atoms with Gasteiger partial charge >= 0.3 is 12.1 Å². The predicted octanol–water partition coefficient (Wildman–Crippen LogP) is 4.06. The number of nitrogens with one attached hydrogen (secondary N) is 1. The molecule has 0 saturated heterocycles. The molecule has 0 saturated carbocycles. The van der Waals surface area contributed by atoms with E-state index in [-0.39, 0.29) is 0 Å². The minimum absolute atomic E-state index is 0.595. The topological polar surface area (TPSA) is 75.1 Å². The van der Waals surface area contributed by atoms with Crippen molar-refractivity contribution in [1.82, 2.24) is 15.3 Å². The van der Waals surface area contributed by atoms with E-state index < -0.39 is 12.1 Å². The molecule has 0 bridgehead atoms. The van der Waals surface area contributed by atoms with Crippen LogP contribution in [0.25, 0.3) is 0 Å². The Kier molecular flexibility index (Phi) is 8.77. The van der Waals surface area contributed by atoms with Crippen molar-refractivity contribution in [2.24, 2.45) is 0 Å². The number of hydrogen-bond donors (Lipinski definition) is 2. The first-order valence-corrected chi connectivity index (χ1v) is 8.06. The molecule has 0 fully saturated rings. The van der Waals surface area contributed by atoms with Gasteiger partial charge in [0.1, 0.15) is 0 Å². The summed E-state index contributed by atoms with van der Waals surface area (Å²) in [5, 5.41) is 11.6. The van der Waals surface area contributed by atoms with Crippen LogP contribution in [0.4, 0.5) is 13.2 Å². The van der Waals surface area contributed by atoms with Crippen molar-refractivity contribution >= 4 is 29.2 Å². The van der Waals surface area contributed by atoms with Crippen LogP contribution in [-0.4, -0.2) is 33.8 Å². The molecule has 5 nitrogen and oxygen atoms in total. The lowest BCUT2D eigenvalue weighted by Crippen LogP contribution is -2.21. The number of nitrogens with zero attached hydrogens (tertiary/aromatic N) is 2. The number of alkyl halides is 3. The lowest BCUT2D eigenvalue weighted by atomic mass is 10.1. The van der Waals surface area contributed by atoms with E-state index in [0.29, 0.717) is 16.6 Å². The fourth-order valence-electron chi connectivity index (χ4n) is 1.80. The van der Waals surface area contributed by atoms with Crippen molar-refractivity contribution < 1.29 is 23.1 Å². The number of aryl methyl sites for hydroxylation is 1. The molecule has 0 aliphatic carbocycles. The molecule has 0 aliphatic rings. The van der Waals surface area contributed by atoms with E-state index in [1.807, 2.05) is 18.5 Å². The quantitative estimate of drug-likeness (QED) is 0.728. The van der Waals surface area contributed by atoms with Crippen molar-refractivity contribution in [2.45, 2.75) is 26.1 Å².